The lowest BCUT2D eigenvalue weighted by atomic mass is 10.3. The maximum absolute atomic E-state index is 5.35. The van der Waals surface area contributed by atoms with Crippen LogP contribution in [0.3, 0.4) is 0 Å². The fraction of sp³-hybridized carbons (Fsp3) is 1.00. The zero-order valence-corrected chi connectivity index (χ0v) is 8.88. The van der Waals surface area contributed by atoms with Crippen LogP contribution in [0.5, 0.6) is 0 Å². The highest BCUT2D eigenvalue weighted by Gasteiger charge is 2.03. The van der Waals surface area contributed by atoms with Crippen molar-refractivity contribution in [1.29, 1.82) is 0 Å². The minimum Gasteiger partial charge on any atom is -0.362 e. The second-order valence-electron chi connectivity index (χ2n) is 1.53. The van der Waals surface area contributed by atoms with Crippen molar-refractivity contribution < 1.29 is 4.74 Å². The average Bonchev–Trinajstić information content (AvgIpc) is 1.88. The van der Waals surface area contributed by atoms with Gasteiger partial charge in [-0.2, -0.15) is 0 Å². The van der Waals surface area contributed by atoms with Crippen LogP contribution in [0, 0.1) is 0 Å². The minimum atomic E-state index is 0.252. The molecule has 0 saturated carbocycles. The highest BCUT2D eigenvalue weighted by molar-refractivity contribution is 9.09. The third-order valence-corrected chi connectivity index (χ3v) is 2.21. The predicted octanol–water partition coefficient (Wildman–Crippen LogP) is 2.75. The average molecular weight is 280 g/mol. The van der Waals surface area contributed by atoms with Gasteiger partial charge in [-0.15, -0.1) is 0 Å². The van der Waals surface area contributed by atoms with E-state index in [-0.39, 0.29) is 12.2 Å². The van der Waals surface area contributed by atoms with E-state index in [0.29, 0.717) is 0 Å². The minimum absolute atomic E-state index is 0.252. The van der Waals surface area contributed by atoms with Crippen molar-refractivity contribution in [2.75, 3.05) is 16.7 Å². The van der Waals surface area contributed by atoms with Crippen LogP contribution >= 0.6 is 43.5 Å². The Morgan fingerprint density at radius 2 is 2.11 bits per heavy atom. The number of hydrogen-bond acceptors (Lipinski definition) is 1. The van der Waals surface area contributed by atoms with Crippen molar-refractivity contribution in [3.63, 3.8) is 0 Å². The Morgan fingerprint density at radius 3 is 2.44 bits per heavy atom. The first-order valence-electron chi connectivity index (χ1n) is 2.64. The summed E-state index contributed by atoms with van der Waals surface area (Å²) in [7, 11) is 0. The van der Waals surface area contributed by atoms with Gasteiger partial charge in [0, 0.05) is 10.7 Å². The number of alkyl halides is 3. The van der Waals surface area contributed by atoms with Crippen LogP contribution in [0.4, 0.5) is 0 Å². The quantitative estimate of drug-likeness (QED) is 0.704. The molecule has 0 aliphatic carbocycles. The van der Waals surface area contributed by atoms with Crippen molar-refractivity contribution in [2.45, 2.75) is 12.5 Å². The second kappa shape index (κ2) is 7.32. The molecule has 0 heterocycles. The van der Waals surface area contributed by atoms with Gasteiger partial charge in [0.1, 0.15) is 6.07 Å². The SMILES string of the molecule is ClCOC(CBr)CCBr. The standard InChI is InChI=1S/C5H9Br2ClO/c6-2-1-5(3-7)9-4-8/h5H,1-4H2. The summed E-state index contributed by atoms with van der Waals surface area (Å²) in [5, 5.41) is 1.81. The van der Waals surface area contributed by atoms with Gasteiger partial charge in [-0.05, 0) is 6.42 Å². The third kappa shape index (κ3) is 5.64. The lowest BCUT2D eigenvalue weighted by molar-refractivity contribution is 0.105. The van der Waals surface area contributed by atoms with Crippen molar-refractivity contribution >= 4 is 43.5 Å². The van der Waals surface area contributed by atoms with Crippen LogP contribution in [0.15, 0.2) is 0 Å². The molecule has 0 aliphatic rings. The molecule has 0 amide bonds. The molecule has 0 saturated heterocycles. The first kappa shape index (κ1) is 10.2. The van der Waals surface area contributed by atoms with E-state index in [1.807, 2.05) is 0 Å². The molecular weight excluding hydrogens is 271 g/mol. The Kier molecular flexibility index (Phi) is 8.30. The smallest absolute Gasteiger partial charge is 0.121 e. The molecule has 0 aromatic rings. The molecule has 0 fully saturated rings. The highest BCUT2D eigenvalue weighted by Crippen LogP contribution is 2.05. The van der Waals surface area contributed by atoms with Crippen molar-refractivity contribution in [1.82, 2.24) is 0 Å². The van der Waals surface area contributed by atoms with Gasteiger partial charge in [-0.25, -0.2) is 0 Å². The maximum atomic E-state index is 5.35. The van der Waals surface area contributed by atoms with E-state index in [9.17, 15) is 0 Å². The Bertz CT molecular complexity index is 56.9. The summed E-state index contributed by atoms with van der Waals surface area (Å²) < 4.78 is 5.12. The first-order valence-corrected chi connectivity index (χ1v) is 5.42. The molecule has 0 bridgehead atoms. The van der Waals surface area contributed by atoms with Gasteiger partial charge in [0.05, 0.1) is 6.10 Å². The van der Waals surface area contributed by atoms with Crippen molar-refractivity contribution in [3.8, 4) is 0 Å². The Labute approximate surface area is 77.4 Å². The van der Waals surface area contributed by atoms with Gasteiger partial charge < -0.3 is 4.74 Å². The molecule has 56 valence electrons. The number of hydrogen-bond donors (Lipinski definition) is 0. The first-order chi connectivity index (χ1) is 4.35. The van der Waals surface area contributed by atoms with Crippen LogP contribution in [-0.2, 0) is 4.74 Å². The predicted molar refractivity (Wildman–Crippen MR) is 47.8 cm³/mol. The topological polar surface area (TPSA) is 9.23 Å². The van der Waals surface area contributed by atoms with E-state index in [1.165, 1.54) is 0 Å². The molecule has 9 heavy (non-hydrogen) atoms. The highest BCUT2D eigenvalue weighted by atomic mass is 79.9. The molecule has 0 aliphatic heterocycles. The third-order valence-electron chi connectivity index (χ3n) is 0.902. The molecule has 1 nitrogen and oxygen atoms in total. The fourth-order valence-electron chi connectivity index (χ4n) is 0.416. The fourth-order valence-corrected chi connectivity index (χ4v) is 1.62. The molecule has 0 aromatic heterocycles. The Hall–Kier alpha value is 1.21. The summed E-state index contributed by atoms with van der Waals surface area (Å²) in [6.45, 7) is 0. The molecule has 4 heteroatoms. The van der Waals surface area contributed by atoms with Crippen LogP contribution in [-0.4, -0.2) is 22.8 Å². The van der Waals surface area contributed by atoms with Gasteiger partial charge in [0.25, 0.3) is 0 Å². The zero-order valence-electron chi connectivity index (χ0n) is 4.95. The summed E-state index contributed by atoms with van der Waals surface area (Å²) >= 11 is 12.0. The molecule has 1 atom stereocenters. The molecule has 0 spiro atoms. The van der Waals surface area contributed by atoms with E-state index in [2.05, 4.69) is 31.9 Å². The van der Waals surface area contributed by atoms with Gasteiger partial charge in [0.2, 0.25) is 0 Å². The number of ether oxygens (including phenoxy) is 1. The molecular formula is C5H9Br2ClO. The van der Waals surface area contributed by atoms with E-state index in [4.69, 9.17) is 16.3 Å². The maximum Gasteiger partial charge on any atom is 0.121 e. The summed E-state index contributed by atoms with van der Waals surface area (Å²) in [4.78, 5) is 0. The second-order valence-corrected chi connectivity index (χ2v) is 3.19. The normalized spacial score (nSPS) is 13.7. The largest absolute Gasteiger partial charge is 0.362 e. The van der Waals surface area contributed by atoms with E-state index >= 15 is 0 Å². The van der Waals surface area contributed by atoms with Crippen molar-refractivity contribution in [2.24, 2.45) is 0 Å². The molecule has 1 unspecified atom stereocenters. The molecule has 0 radical (unpaired) electrons. The summed E-state index contributed by atoms with van der Waals surface area (Å²) in [5.41, 5.74) is 0. The zero-order chi connectivity index (χ0) is 7.11. The molecule has 0 aromatic carbocycles. The van der Waals surface area contributed by atoms with Gasteiger partial charge in [-0.3, -0.25) is 0 Å². The van der Waals surface area contributed by atoms with E-state index in [0.717, 1.165) is 17.1 Å². The number of halogens is 3. The summed E-state index contributed by atoms with van der Waals surface area (Å²) in [5.74, 6) is 0. The van der Waals surface area contributed by atoms with Crippen LogP contribution < -0.4 is 0 Å². The Morgan fingerprint density at radius 1 is 1.44 bits per heavy atom. The van der Waals surface area contributed by atoms with E-state index < -0.39 is 0 Å². The van der Waals surface area contributed by atoms with Crippen LogP contribution in [0.25, 0.3) is 0 Å². The van der Waals surface area contributed by atoms with Gasteiger partial charge in [-0.1, -0.05) is 43.5 Å². The lowest BCUT2D eigenvalue weighted by Gasteiger charge is -2.10. The summed E-state index contributed by atoms with van der Waals surface area (Å²) in [6, 6.07) is 0.281. The molecule has 0 rings (SSSR count). The number of rotatable bonds is 5. The Balaban J connectivity index is 3.18. The van der Waals surface area contributed by atoms with Crippen LogP contribution in [0.1, 0.15) is 6.42 Å². The van der Waals surface area contributed by atoms with Gasteiger partial charge in [0.15, 0.2) is 0 Å². The van der Waals surface area contributed by atoms with Crippen molar-refractivity contribution in [3.05, 3.63) is 0 Å². The van der Waals surface area contributed by atoms with Gasteiger partial charge >= 0.3 is 0 Å². The molecule has 0 N–H and O–H groups in total. The monoisotopic (exact) mass is 278 g/mol. The van der Waals surface area contributed by atoms with Crippen LogP contribution in [0.2, 0.25) is 0 Å². The lowest BCUT2D eigenvalue weighted by Crippen LogP contribution is -2.13. The summed E-state index contributed by atoms with van der Waals surface area (Å²) in [6.07, 6.45) is 1.25. The van der Waals surface area contributed by atoms with E-state index in [1.54, 1.807) is 0 Å².